The van der Waals surface area contributed by atoms with Crippen molar-refractivity contribution in [3.63, 3.8) is 0 Å². The van der Waals surface area contributed by atoms with Crippen LogP contribution in [0.5, 0.6) is 0 Å². The van der Waals surface area contributed by atoms with E-state index in [2.05, 4.69) is 6.58 Å². The largest absolute Gasteiger partial charge is 0.295 e. The lowest BCUT2D eigenvalue weighted by Crippen LogP contribution is -1.92. The molecule has 0 saturated heterocycles. The second-order valence-corrected chi connectivity index (χ2v) is 2.39. The van der Waals surface area contributed by atoms with Gasteiger partial charge in [-0.25, -0.2) is 0 Å². The maximum atomic E-state index is 10.9. The lowest BCUT2D eigenvalue weighted by molar-refractivity contribution is -0.113. The second-order valence-electron chi connectivity index (χ2n) is 2.39. The fourth-order valence-electron chi connectivity index (χ4n) is 0.692. The summed E-state index contributed by atoms with van der Waals surface area (Å²) in [6.07, 6.45) is 5.36. The maximum absolute atomic E-state index is 10.9. The highest BCUT2D eigenvalue weighted by Crippen LogP contribution is 2.03. The van der Waals surface area contributed by atoms with Crippen molar-refractivity contribution in [1.29, 1.82) is 0 Å². The number of hydrogen-bond acceptors (Lipinski definition) is 1. The third-order valence-corrected chi connectivity index (χ3v) is 1.42. The van der Waals surface area contributed by atoms with Crippen molar-refractivity contribution in [3.8, 4) is 0 Å². The minimum Gasteiger partial charge on any atom is -0.295 e. The molecule has 0 aliphatic rings. The molecular weight excluding hydrogens is 136 g/mol. The smallest absolute Gasteiger partial charge is 0.159 e. The van der Waals surface area contributed by atoms with Gasteiger partial charge in [-0.15, -0.1) is 0 Å². The minimum atomic E-state index is 0.0914. The van der Waals surface area contributed by atoms with Crippen molar-refractivity contribution < 1.29 is 4.79 Å². The predicted molar refractivity (Wildman–Crippen MR) is 48.4 cm³/mol. The average Bonchev–Trinajstić information content (AvgIpc) is 1.99. The summed E-state index contributed by atoms with van der Waals surface area (Å²) >= 11 is 0. The molecule has 0 unspecified atom stereocenters. The third kappa shape index (κ3) is 3.56. The van der Waals surface area contributed by atoms with E-state index >= 15 is 0 Å². The van der Waals surface area contributed by atoms with Gasteiger partial charge in [0.15, 0.2) is 5.78 Å². The fraction of sp³-hybridized carbons (Fsp3) is 0.300. The highest BCUT2D eigenvalue weighted by molar-refractivity contribution is 5.96. The van der Waals surface area contributed by atoms with Gasteiger partial charge in [0.25, 0.3) is 0 Å². The van der Waals surface area contributed by atoms with E-state index in [-0.39, 0.29) is 5.78 Å². The van der Waals surface area contributed by atoms with Crippen LogP contribution in [0.1, 0.15) is 20.8 Å². The van der Waals surface area contributed by atoms with Gasteiger partial charge >= 0.3 is 0 Å². The van der Waals surface area contributed by atoms with Gasteiger partial charge < -0.3 is 0 Å². The first kappa shape index (κ1) is 9.89. The molecule has 0 aliphatic heterocycles. The van der Waals surface area contributed by atoms with E-state index in [4.69, 9.17) is 0 Å². The molecule has 0 radical (unpaired) electrons. The number of hydrogen-bond donors (Lipinski definition) is 0. The molecule has 1 nitrogen and oxygen atoms in total. The number of allylic oxidation sites excluding steroid dienone is 5. The quantitative estimate of drug-likeness (QED) is 0.446. The topological polar surface area (TPSA) is 17.1 Å². The molecule has 0 fully saturated rings. The number of ketones is 1. The van der Waals surface area contributed by atoms with Crippen molar-refractivity contribution in [2.75, 3.05) is 0 Å². The molecule has 0 heterocycles. The average molecular weight is 150 g/mol. The number of rotatable bonds is 3. The monoisotopic (exact) mass is 150 g/mol. The van der Waals surface area contributed by atoms with Crippen LogP contribution in [0, 0.1) is 0 Å². The van der Waals surface area contributed by atoms with Crippen LogP contribution in [0.2, 0.25) is 0 Å². The minimum absolute atomic E-state index is 0.0914. The van der Waals surface area contributed by atoms with Gasteiger partial charge in [-0.1, -0.05) is 24.3 Å². The van der Waals surface area contributed by atoms with Crippen LogP contribution < -0.4 is 0 Å². The molecule has 1 heteroatoms. The summed E-state index contributed by atoms with van der Waals surface area (Å²) in [5.41, 5.74) is 1.75. The van der Waals surface area contributed by atoms with Crippen LogP contribution >= 0.6 is 0 Å². The van der Waals surface area contributed by atoms with Gasteiger partial charge in [0.2, 0.25) is 0 Å². The summed E-state index contributed by atoms with van der Waals surface area (Å²) in [7, 11) is 0. The molecule has 0 bridgehead atoms. The highest BCUT2D eigenvalue weighted by Gasteiger charge is 1.96. The van der Waals surface area contributed by atoms with E-state index in [0.29, 0.717) is 0 Å². The Balaban J connectivity index is 4.57. The molecule has 11 heavy (non-hydrogen) atoms. The SMILES string of the molecule is C=C/C(C)=C\C(=C/C)C(C)=O. The Morgan fingerprint density at radius 2 is 1.91 bits per heavy atom. The molecule has 0 N–H and O–H groups in total. The van der Waals surface area contributed by atoms with Gasteiger partial charge in [-0.3, -0.25) is 4.79 Å². The van der Waals surface area contributed by atoms with Crippen molar-refractivity contribution >= 4 is 5.78 Å². The molecule has 0 saturated carbocycles. The van der Waals surface area contributed by atoms with Crippen molar-refractivity contribution in [1.82, 2.24) is 0 Å². The molecule has 0 rings (SSSR count). The van der Waals surface area contributed by atoms with Crippen LogP contribution in [0.3, 0.4) is 0 Å². The van der Waals surface area contributed by atoms with Crippen LogP contribution in [0.15, 0.2) is 36.0 Å². The highest BCUT2D eigenvalue weighted by atomic mass is 16.1. The summed E-state index contributed by atoms with van der Waals surface area (Å²) in [6, 6.07) is 0. The Bertz CT molecular complexity index is 219. The van der Waals surface area contributed by atoms with Gasteiger partial charge in [0.1, 0.15) is 0 Å². The van der Waals surface area contributed by atoms with Crippen molar-refractivity contribution in [2.45, 2.75) is 20.8 Å². The summed E-state index contributed by atoms with van der Waals surface area (Å²) in [4.78, 5) is 10.9. The van der Waals surface area contributed by atoms with E-state index in [0.717, 1.165) is 11.1 Å². The van der Waals surface area contributed by atoms with Crippen LogP contribution in [0.4, 0.5) is 0 Å². The molecule has 0 amide bonds. The van der Waals surface area contributed by atoms with E-state index in [1.54, 1.807) is 19.1 Å². The Morgan fingerprint density at radius 1 is 1.36 bits per heavy atom. The zero-order chi connectivity index (χ0) is 8.85. The standard InChI is InChI=1S/C10H14O/c1-5-8(3)7-10(6-2)9(4)11/h5-7H,1H2,2-4H3/b8-7-,10-6+. The summed E-state index contributed by atoms with van der Waals surface area (Å²) in [6.45, 7) is 8.93. The lowest BCUT2D eigenvalue weighted by atomic mass is 10.1. The molecule has 0 aromatic carbocycles. The second kappa shape index (κ2) is 4.67. The number of Topliss-reactive ketones (excluding diaryl/α,β-unsaturated/α-hetero) is 1. The van der Waals surface area contributed by atoms with Gasteiger partial charge in [0.05, 0.1) is 0 Å². The Morgan fingerprint density at radius 3 is 2.18 bits per heavy atom. The van der Waals surface area contributed by atoms with Gasteiger partial charge in [-0.05, 0) is 26.8 Å². The lowest BCUT2D eigenvalue weighted by Gasteiger charge is -1.95. The zero-order valence-corrected chi connectivity index (χ0v) is 7.35. The van der Waals surface area contributed by atoms with Crippen LogP contribution in [-0.4, -0.2) is 5.78 Å². The third-order valence-electron chi connectivity index (χ3n) is 1.42. The zero-order valence-electron chi connectivity index (χ0n) is 7.35. The van der Waals surface area contributed by atoms with E-state index in [9.17, 15) is 4.79 Å². The van der Waals surface area contributed by atoms with Gasteiger partial charge in [0, 0.05) is 5.57 Å². The van der Waals surface area contributed by atoms with E-state index in [1.807, 2.05) is 19.9 Å². The predicted octanol–water partition coefficient (Wildman–Crippen LogP) is 2.65. The van der Waals surface area contributed by atoms with Gasteiger partial charge in [-0.2, -0.15) is 0 Å². The Hall–Kier alpha value is -1.11. The van der Waals surface area contributed by atoms with Crippen molar-refractivity contribution in [3.05, 3.63) is 36.0 Å². The maximum Gasteiger partial charge on any atom is 0.159 e. The first-order chi connectivity index (χ1) is 5.11. The molecule has 0 aliphatic carbocycles. The first-order valence-electron chi connectivity index (χ1n) is 3.59. The summed E-state index contributed by atoms with van der Waals surface area (Å²) in [5.74, 6) is 0.0914. The summed E-state index contributed by atoms with van der Waals surface area (Å²) in [5, 5.41) is 0. The number of carbonyl (C=O) groups is 1. The molecule has 0 spiro atoms. The molecule has 0 aromatic heterocycles. The fourth-order valence-corrected chi connectivity index (χ4v) is 0.692. The van der Waals surface area contributed by atoms with Crippen LogP contribution in [-0.2, 0) is 4.79 Å². The number of carbonyl (C=O) groups excluding carboxylic acids is 1. The molecule has 0 atom stereocenters. The Kier molecular flexibility index (Phi) is 4.20. The summed E-state index contributed by atoms with van der Waals surface area (Å²) < 4.78 is 0. The Labute approximate surface area is 68.1 Å². The molecule has 60 valence electrons. The van der Waals surface area contributed by atoms with E-state index < -0.39 is 0 Å². The van der Waals surface area contributed by atoms with E-state index in [1.165, 1.54) is 0 Å². The molecule has 0 aromatic rings. The normalized spacial score (nSPS) is 13.0. The van der Waals surface area contributed by atoms with Crippen molar-refractivity contribution in [2.24, 2.45) is 0 Å². The van der Waals surface area contributed by atoms with Crippen LogP contribution in [0.25, 0.3) is 0 Å². The molecular formula is C10H14O. The first-order valence-corrected chi connectivity index (χ1v) is 3.59.